The Morgan fingerprint density at radius 2 is 1.67 bits per heavy atom. The highest BCUT2D eigenvalue weighted by Gasteiger charge is 2.13. The summed E-state index contributed by atoms with van der Waals surface area (Å²) in [5, 5.41) is 0. The van der Waals surface area contributed by atoms with E-state index in [0.29, 0.717) is 0 Å². The van der Waals surface area contributed by atoms with Crippen molar-refractivity contribution in [1.29, 1.82) is 0 Å². The zero-order valence-corrected chi connectivity index (χ0v) is 10.4. The van der Waals surface area contributed by atoms with Gasteiger partial charge in [0.05, 0.1) is 0 Å². The highest BCUT2D eigenvalue weighted by molar-refractivity contribution is 5.24. The molecule has 0 aromatic heterocycles. The van der Waals surface area contributed by atoms with Crippen LogP contribution < -0.4 is 0 Å². The van der Waals surface area contributed by atoms with E-state index in [1.165, 1.54) is 37.7 Å². The minimum atomic E-state index is 0.855. The maximum atomic E-state index is 2.31. The predicted molar refractivity (Wildman–Crippen MR) is 68.9 cm³/mol. The Kier molecular flexibility index (Phi) is 5.45. The molecule has 0 aromatic carbocycles. The van der Waals surface area contributed by atoms with Crippen LogP contribution in [0.4, 0.5) is 0 Å². The van der Waals surface area contributed by atoms with Crippen LogP contribution in [0.1, 0.15) is 52.9 Å². The Hall–Kier alpha value is -0.780. The van der Waals surface area contributed by atoms with Crippen LogP contribution in [0.2, 0.25) is 0 Å². The summed E-state index contributed by atoms with van der Waals surface area (Å²) < 4.78 is 0. The smallest absolute Gasteiger partial charge is 0.0203 e. The van der Waals surface area contributed by atoms with Crippen LogP contribution in [0.15, 0.2) is 35.5 Å². The van der Waals surface area contributed by atoms with Crippen molar-refractivity contribution < 1.29 is 0 Å². The van der Waals surface area contributed by atoms with Crippen molar-refractivity contribution in [3.8, 4) is 0 Å². The van der Waals surface area contributed by atoms with Gasteiger partial charge in [0.15, 0.2) is 0 Å². The Morgan fingerprint density at radius 1 is 1.00 bits per heavy atom. The predicted octanol–water partition coefficient (Wildman–Crippen LogP) is 5.04. The molecule has 0 N–H and O–H groups in total. The van der Waals surface area contributed by atoms with Crippen LogP contribution in [-0.2, 0) is 0 Å². The number of rotatable bonds is 3. The van der Waals surface area contributed by atoms with Gasteiger partial charge in [0.25, 0.3) is 0 Å². The van der Waals surface area contributed by atoms with Gasteiger partial charge in [0, 0.05) is 0 Å². The average Bonchev–Trinajstić information content (AvgIpc) is 2.27. The van der Waals surface area contributed by atoms with Gasteiger partial charge in [-0.1, -0.05) is 54.7 Å². The molecule has 84 valence electrons. The lowest BCUT2D eigenvalue weighted by Crippen LogP contribution is -2.06. The van der Waals surface area contributed by atoms with Crippen LogP contribution in [0.5, 0.6) is 0 Å². The standard InChI is InChI=1S/C15H24/c1-4-8-13(2)11-12-14(3)15-9-6-5-7-10-15/h4,8,11-12,15H,5-7,9-10H2,1-3H3/b8-4-,13-11-,14-12+. The summed E-state index contributed by atoms with van der Waals surface area (Å²) >= 11 is 0. The zero-order valence-electron chi connectivity index (χ0n) is 10.4. The molecule has 0 radical (unpaired) electrons. The maximum Gasteiger partial charge on any atom is -0.0203 e. The minimum Gasteiger partial charge on any atom is -0.0874 e. The summed E-state index contributed by atoms with van der Waals surface area (Å²) in [5.74, 6) is 0.855. The van der Waals surface area contributed by atoms with Gasteiger partial charge >= 0.3 is 0 Å². The van der Waals surface area contributed by atoms with Crippen molar-refractivity contribution in [2.24, 2.45) is 5.92 Å². The van der Waals surface area contributed by atoms with Gasteiger partial charge in [-0.2, -0.15) is 0 Å². The summed E-state index contributed by atoms with van der Waals surface area (Å²) in [5.41, 5.74) is 2.91. The van der Waals surface area contributed by atoms with E-state index < -0.39 is 0 Å². The van der Waals surface area contributed by atoms with Crippen LogP contribution in [-0.4, -0.2) is 0 Å². The molecule has 1 aliphatic carbocycles. The first-order valence-corrected chi connectivity index (χ1v) is 6.22. The molecule has 0 heterocycles. The van der Waals surface area contributed by atoms with E-state index in [9.17, 15) is 0 Å². The fourth-order valence-corrected chi connectivity index (χ4v) is 2.28. The molecule has 0 atom stereocenters. The topological polar surface area (TPSA) is 0 Å². The highest BCUT2D eigenvalue weighted by Crippen LogP contribution is 2.29. The second-order valence-corrected chi connectivity index (χ2v) is 4.66. The molecule has 1 saturated carbocycles. The lowest BCUT2D eigenvalue weighted by Gasteiger charge is -2.22. The third kappa shape index (κ3) is 4.51. The van der Waals surface area contributed by atoms with Gasteiger partial charge in [-0.15, -0.1) is 0 Å². The lowest BCUT2D eigenvalue weighted by molar-refractivity contribution is 0.403. The number of allylic oxidation sites excluding steroid dienone is 6. The first-order chi connectivity index (χ1) is 7.24. The van der Waals surface area contributed by atoms with Crippen LogP contribution in [0, 0.1) is 5.92 Å². The summed E-state index contributed by atoms with van der Waals surface area (Å²) in [6.07, 6.45) is 15.9. The average molecular weight is 204 g/mol. The fraction of sp³-hybridized carbons (Fsp3) is 0.600. The molecule has 0 aliphatic heterocycles. The van der Waals surface area contributed by atoms with Gasteiger partial charge in [0.2, 0.25) is 0 Å². The Bertz CT molecular complexity index is 260. The first-order valence-electron chi connectivity index (χ1n) is 6.22. The van der Waals surface area contributed by atoms with E-state index in [2.05, 4.69) is 45.1 Å². The molecule has 0 bridgehead atoms. The molecule has 0 heteroatoms. The third-order valence-corrected chi connectivity index (χ3v) is 3.29. The first kappa shape index (κ1) is 12.3. The second-order valence-electron chi connectivity index (χ2n) is 4.66. The largest absolute Gasteiger partial charge is 0.0874 e. The molecule has 1 fully saturated rings. The molecule has 1 rings (SSSR count). The van der Waals surface area contributed by atoms with Gasteiger partial charge in [0.1, 0.15) is 0 Å². The van der Waals surface area contributed by atoms with E-state index in [0.717, 1.165) is 5.92 Å². The van der Waals surface area contributed by atoms with Gasteiger partial charge in [-0.25, -0.2) is 0 Å². The molecular weight excluding hydrogens is 180 g/mol. The second kappa shape index (κ2) is 6.66. The maximum absolute atomic E-state index is 2.31. The SMILES string of the molecule is C\C=C/C(C)=C\C=C(/C)C1CCCCC1. The van der Waals surface area contributed by atoms with Crippen molar-refractivity contribution in [2.45, 2.75) is 52.9 Å². The minimum absolute atomic E-state index is 0.855. The van der Waals surface area contributed by atoms with Gasteiger partial charge in [-0.3, -0.25) is 0 Å². The van der Waals surface area contributed by atoms with E-state index in [-0.39, 0.29) is 0 Å². The van der Waals surface area contributed by atoms with E-state index in [1.54, 1.807) is 5.57 Å². The van der Waals surface area contributed by atoms with E-state index in [1.807, 2.05) is 0 Å². The molecular formula is C15H24. The summed E-state index contributed by atoms with van der Waals surface area (Å²) in [4.78, 5) is 0. The molecule has 0 unspecified atom stereocenters. The molecule has 15 heavy (non-hydrogen) atoms. The molecule has 0 nitrogen and oxygen atoms in total. The quantitative estimate of drug-likeness (QED) is 0.565. The summed E-state index contributed by atoms with van der Waals surface area (Å²) in [6, 6.07) is 0. The van der Waals surface area contributed by atoms with Crippen molar-refractivity contribution >= 4 is 0 Å². The van der Waals surface area contributed by atoms with Crippen molar-refractivity contribution in [3.05, 3.63) is 35.5 Å². The van der Waals surface area contributed by atoms with Gasteiger partial charge < -0.3 is 0 Å². The highest BCUT2D eigenvalue weighted by atomic mass is 14.2. The Balaban J connectivity index is 2.54. The number of hydrogen-bond acceptors (Lipinski definition) is 0. The third-order valence-electron chi connectivity index (χ3n) is 3.29. The monoisotopic (exact) mass is 204 g/mol. The molecule has 0 saturated heterocycles. The molecule has 0 spiro atoms. The van der Waals surface area contributed by atoms with Crippen molar-refractivity contribution in [3.63, 3.8) is 0 Å². The zero-order chi connectivity index (χ0) is 11.1. The Morgan fingerprint density at radius 3 is 2.27 bits per heavy atom. The van der Waals surface area contributed by atoms with Gasteiger partial charge in [-0.05, 0) is 39.5 Å². The van der Waals surface area contributed by atoms with Crippen LogP contribution in [0.25, 0.3) is 0 Å². The van der Waals surface area contributed by atoms with Crippen LogP contribution >= 0.6 is 0 Å². The van der Waals surface area contributed by atoms with E-state index >= 15 is 0 Å². The Labute approximate surface area is 94.8 Å². The van der Waals surface area contributed by atoms with Crippen molar-refractivity contribution in [2.75, 3.05) is 0 Å². The summed E-state index contributed by atoms with van der Waals surface area (Å²) in [6.45, 7) is 6.51. The van der Waals surface area contributed by atoms with E-state index in [4.69, 9.17) is 0 Å². The number of hydrogen-bond donors (Lipinski definition) is 0. The molecule has 0 amide bonds. The van der Waals surface area contributed by atoms with Crippen molar-refractivity contribution in [1.82, 2.24) is 0 Å². The normalized spacial score (nSPS) is 21.3. The lowest BCUT2D eigenvalue weighted by atomic mass is 9.84. The molecule has 1 aliphatic rings. The fourth-order valence-electron chi connectivity index (χ4n) is 2.28. The molecule has 0 aromatic rings. The van der Waals surface area contributed by atoms with Crippen LogP contribution in [0.3, 0.4) is 0 Å². The summed E-state index contributed by atoms with van der Waals surface area (Å²) in [7, 11) is 0.